The molecule has 5 unspecified atom stereocenters. The number of esters is 2. The monoisotopic (exact) mass is 781 g/mol. The molecule has 302 valence electrons. The van der Waals surface area contributed by atoms with Gasteiger partial charge in [-0.2, -0.15) is 34.8 Å². The van der Waals surface area contributed by atoms with Crippen LogP contribution in [0.25, 0.3) is 0 Å². The Bertz CT molecular complexity index is 1430. The van der Waals surface area contributed by atoms with Crippen molar-refractivity contribution in [3.05, 3.63) is 0 Å². The van der Waals surface area contributed by atoms with Crippen LogP contribution in [0.2, 0.25) is 0 Å². The smallest absolute Gasteiger partial charge is 0.426 e. The van der Waals surface area contributed by atoms with E-state index in [9.17, 15) is 63.9 Å². The summed E-state index contributed by atoms with van der Waals surface area (Å²) in [5, 5.41) is 22.5. The first-order chi connectivity index (χ1) is 23.2. The highest BCUT2D eigenvalue weighted by molar-refractivity contribution is 7.85. The number of rotatable bonds is 16. The van der Waals surface area contributed by atoms with Gasteiger partial charge in [-0.15, -0.1) is 0 Å². The van der Waals surface area contributed by atoms with Crippen LogP contribution in [0.15, 0.2) is 0 Å². The Kier molecular flexibility index (Phi) is 12.3. The predicted molar refractivity (Wildman–Crippen MR) is 174 cm³/mol. The third-order valence-electron chi connectivity index (χ3n) is 11.0. The largest absolute Gasteiger partial charge is 0.462 e. The first-order valence-corrected chi connectivity index (χ1v) is 19.0. The first-order valence-electron chi connectivity index (χ1n) is 17.4. The fraction of sp³-hybridized carbons (Fsp3) is 0.912. The lowest BCUT2D eigenvalue weighted by Crippen LogP contribution is -2.59. The summed E-state index contributed by atoms with van der Waals surface area (Å²) in [5.41, 5.74) is -11.4. The van der Waals surface area contributed by atoms with E-state index in [1.54, 1.807) is 6.92 Å². The minimum absolute atomic E-state index is 0.00805. The van der Waals surface area contributed by atoms with Crippen LogP contribution in [0.1, 0.15) is 113 Å². The van der Waals surface area contributed by atoms with E-state index in [2.05, 4.69) is 5.32 Å². The molecule has 4 N–H and O–H groups in total. The number of halogens is 6. The third-order valence-corrected chi connectivity index (χ3v) is 12.1. The van der Waals surface area contributed by atoms with E-state index >= 15 is 0 Å². The van der Waals surface area contributed by atoms with Gasteiger partial charge in [-0.25, -0.2) is 0 Å². The number of carbonyl (C=O) groups excluding carboxylic acids is 3. The van der Waals surface area contributed by atoms with E-state index in [4.69, 9.17) is 9.47 Å². The highest BCUT2D eigenvalue weighted by atomic mass is 32.2. The number of aliphatic hydroxyl groups excluding tert-OH is 1. The summed E-state index contributed by atoms with van der Waals surface area (Å²) < 4.78 is 125. The van der Waals surface area contributed by atoms with Gasteiger partial charge >= 0.3 is 24.3 Å². The first kappa shape index (κ1) is 44.2. The molecular weight excluding hydrogens is 728 g/mol. The van der Waals surface area contributed by atoms with Gasteiger partial charge in [0.2, 0.25) is 5.91 Å². The van der Waals surface area contributed by atoms with Crippen LogP contribution in [-0.4, -0.2) is 88.6 Å². The number of amides is 1. The van der Waals surface area contributed by atoms with Crippen LogP contribution in [0, 0.1) is 34.0 Å². The van der Waals surface area contributed by atoms with Crippen molar-refractivity contribution in [1.29, 1.82) is 0 Å². The van der Waals surface area contributed by atoms with Gasteiger partial charge in [0.25, 0.3) is 15.7 Å². The standard InChI is InChI=1S/C34H53F6NO10S/c1-8-23(24(43)41-28(5,6)19-52(47,48)49)15-29(7,26(45)50-20(2)10-32(46,33(35,36)37)34(38,39)40)16-27(3,4)25(44)51-31-13-21-9-22(14-31)12-30(11-21,17-31)18-42/h20-23,42,46H,8-19H2,1-7H3,(H,41,43)(H,47,48,49). The van der Waals surface area contributed by atoms with Crippen molar-refractivity contribution in [2.24, 2.45) is 34.0 Å². The molecule has 0 spiro atoms. The maximum atomic E-state index is 14.0. The zero-order valence-corrected chi connectivity index (χ0v) is 31.5. The van der Waals surface area contributed by atoms with Gasteiger partial charge < -0.3 is 25.0 Å². The molecule has 4 fully saturated rings. The number of alkyl halides is 6. The number of carbonyl (C=O) groups is 3. The molecule has 4 aliphatic carbocycles. The van der Waals surface area contributed by atoms with Crippen LogP contribution in [0.5, 0.6) is 0 Å². The molecule has 4 aliphatic rings. The van der Waals surface area contributed by atoms with E-state index < -0.39 is 105 Å². The zero-order valence-electron chi connectivity index (χ0n) is 30.7. The molecule has 1 amide bonds. The lowest BCUT2D eigenvalue weighted by Gasteiger charge is -2.61. The van der Waals surface area contributed by atoms with Gasteiger partial charge in [-0.05, 0) is 117 Å². The number of ether oxygens (including phenoxy) is 2. The van der Waals surface area contributed by atoms with Crippen LogP contribution >= 0.6 is 0 Å². The van der Waals surface area contributed by atoms with Gasteiger partial charge in [0.05, 0.1) is 22.1 Å². The molecule has 52 heavy (non-hydrogen) atoms. The van der Waals surface area contributed by atoms with E-state index in [1.165, 1.54) is 34.6 Å². The van der Waals surface area contributed by atoms with Crippen LogP contribution in [0.4, 0.5) is 26.3 Å². The average molecular weight is 782 g/mol. The minimum Gasteiger partial charge on any atom is -0.462 e. The van der Waals surface area contributed by atoms with Gasteiger partial charge in [0.15, 0.2) is 0 Å². The van der Waals surface area contributed by atoms with Gasteiger partial charge in [0.1, 0.15) is 11.7 Å². The normalized spacial score (nSPS) is 27.8. The summed E-state index contributed by atoms with van der Waals surface area (Å²) in [6, 6.07) is 0. The quantitative estimate of drug-likeness (QED) is 0.0869. The molecule has 0 aliphatic heterocycles. The average Bonchev–Trinajstić information content (AvgIpc) is 2.91. The summed E-state index contributed by atoms with van der Waals surface area (Å²) in [7, 11) is -4.55. The predicted octanol–water partition coefficient (Wildman–Crippen LogP) is 5.66. The van der Waals surface area contributed by atoms with E-state index in [0.29, 0.717) is 19.3 Å². The molecule has 5 atom stereocenters. The molecule has 0 radical (unpaired) electrons. The third kappa shape index (κ3) is 9.92. The Hall–Kier alpha value is -2.18. The van der Waals surface area contributed by atoms with Crippen LogP contribution in [0.3, 0.4) is 0 Å². The molecule has 0 aromatic heterocycles. The molecule has 4 rings (SSSR count). The highest BCUT2D eigenvalue weighted by Gasteiger charge is 2.71. The lowest BCUT2D eigenvalue weighted by molar-refractivity contribution is -0.373. The molecule has 0 aromatic carbocycles. The maximum absolute atomic E-state index is 14.0. The SMILES string of the molecule is CCC(CC(C)(CC(C)(C)C(=O)OC12CC3CC(CC(CO)(C3)C1)C2)C(=O)OC(C)CC(O)(C(F)(F)F)C(F)(F)F)C(=O)NC(C)(C)CS(=O)(=O)O. The summed E-state index contributed by atoms with van der Waals surface area (Å²) in [4.78, 5) is 41.4. The van der Waals surface area contributed by atoms with Crippen molar-refractivity contribution in [2.45, 2.75) is 148 Å². The van der Waals surface area contributed by atoms with Gasteiger partial charge in [-0.3, -0.25) is 18.9 Å². The lowest BCUT2D eigenvalue weighted by atomic mass is 9.48. The van der Waals surface area contributed by atoms with E-state index in [1.807, 2.05) is 0 Å². The molecule has 0 heterocycles. The molecule has 11 nitrogen and oxygen atoms in total. The molecular formula is C34H53F6NO10S. The second-order valence-corrected chi connectivity index (χ2v) is 19.0. The fourth-order valence-corrected chi connectivity index (χ4v) is 10.3. The second-order valence-electron chi connectivity index (χ2n) is 17.5. The molecule has 4 saturated carbocycles. The highest BCUT2D eigenvalue weighted by Crippen LogP contribution is 2.63. The van der Waals surface area contributed by atoms with Crippen LogP contribution in [-0.2, 0) is 34.0 Å². The Morgan fingerprint density at radius 2 is 1.42 bits per heavy atom. The number of aliphatic hydroxyl groups is 2. The topological polar surface area (TPSA) is 177 Å². The Labute approximate surface area is 300 Å². The summed E-state index contributed by atoms with van der Waals surface area (Å²) in [6.45, 7) is 9.01. The van der Waals surface area contributed by atoms with Crippen molar-refractivity contribution in [3.8, 4) is 0 Å². The Balaban J connectivity index is 1.93. The van der Waals surface area contributed by atoms with Crippen molar-refractivity contribution < 1.29 is 73.4 Å². The second kappa shape index (κ2) is 14.5. The van der Waals surface area contributed by atoms with Gasteiger partial charge in [-0.1, -0.05) is 6.92 Å². The fourth-order valence-electron chi connectivity index (χ4n) is 9.35. The molecule has 0 saturated heterocycles. The summed E-state index contributed by atoms with van der Waals surface area (Å²) in [5.74, 6) is -4.38. The van der Waals surface area contributed by atoms with E-state index in [0.717, 1.165) is 26.2 Å². The molecule has 4 bridgehead atoms. The Morgan fingerprint density at radius 3 is 1.87 bits per heavy atom. The Morgan fingerprint density at radius 1 is 0.904 bits per heavy atom. The number of hydrogen-bond donors (Lipinski definition) is 4. The summed E-state index contributed by atoms with van der Waals surface area (Å²) in [6.07, 6.45) is -13.3. The summed E-state index contributed by atoms with van der Waals surface area (Å²) >= 11 is 0. The maximum Gasteiger partial charge on any atom is 0.426 e. The van der Waals surface area contributed by atoms with Crippen molar-refractivity contribution in [2.75, 3.05) is 12.4 Å². The molecule has 18 heteroatoms. The minimum atomic E-state index is -6.17. The van der Waals surface area contributed by atoms with Gasteiger partial charge in [0, 0.05) is 18.9 Å². The zero-order chi connectivity index (χ0) is 40.1. The van der Waals surface area contributed by atoms with Crippen molar-refractivity contribution in [1.82, 2.24) is 5.32 Å². The van der Waals surface area contributed by atoms with E-state index in [-0.39, 0.29) is 30.3 Å². The molecule has 0 aromatic rings. The van der Waals surface area contributed by atoms with Crippen molar-refractivity contribution in [3.63, 3.8) is 0 Å². The number of nitrogens with one attached hydrogen (secondary N) is 1. The van der Waals surface area contributed by atoms with Crippen molar-refractivity contribution >= 4 is 28.0 Å². The number of hydrogen-bond acceptors (Lipinski definition) is 9. The van der Waals surface area contributed by atoms with Crippen LogP contribution < -0.4 is 5.32 Å².